The van der Waals surface area contributed by atoms with Gasteiger partial charge in [0, 0.05) is 0 Å². The van der Waals surface area contributed by atoms with Gasteiger partial charge >= 0.3 is 0 Å². The van der Waals surface area contributed by atoms with Gasteiger partial charge in [-0.15, -0.1) is 0 Å². The van der Waals surface area contributed by atoms with E-state index in [1.165, 1.54) is 6.39 Å². The second-order valence-corrected chi connectivity index (χ2v) is 3.14. The van der Waals surface area contributed by atoms with Crippen LogP contribution in [0.15, 0.2) is 29.0 Å². The molecule has 0 spiro atoms. The van der Waals surface area contributed by atoms with Crippen molar-refractivity contribution in [1.82, 2.24) is 4.98 Å². The minimum atomic E-state index is 0.355. The Balaban J connectivity index is 2.69. The number of nitrogens with zero attached hydrogens (tertiary/aromatic N) is 1. The summed E-state index contributed by atoms with van der Waals surface area (Å²) in [4.78, 5) is 4.05. The second-order valence-electron chi connectivity index (χ2n) is 3.14. The Morgan fingerprint density at radius 2 is 2.42 bits per heavy atom. The van der Waals surface area contributed by atoms with Crippen LogP contribution in [0.4, 0.5) is 0 Å². The van der Waals surface area contributed by atoms with Gasteiger partial charge < -0.3 is 4.42 Å². The maximum absolute atomic E-state index is 7.73. The van der Waals surface area contributed by atoms with Crippen LogP contribution in [-0.2, 0) is 0 Å². The topological polar surface area (TPSA) is 26.0 Å². The van der Waals surface area contributed by atoms with Gasteiger partial charge in [0.1, 0.15) is 5.52 Å². The predicted octanol–water partition coefficient (Wildman–Crippen LogP) is 2.95. The van der Waals surface area contributed by atoms with Crippen molar-refractivity contribution in [2.45, 2.75) is 19.8 Å². The Labute approximate surface area is 72.6 Å². The zero-order chi connectivity index (χ0) is 9.42. The van der Waals surface area contributed by atoms with E-state index >= 15 is 0 Å². The summed E-state index contributed by atoms with van der Waals surface area (Å²) in [5, 5.41) is 0. The van der Waals surface area contributed by atoms with Crippen LogP contribution in [0.25, 0.3) is 11.1 Å². The molecule has 0 amide bonds. The van der Waals surface area contributed by atoms with Crippen molar-refractivity contribution >= 4 is 11.1 Å². The molecule has 2 rings (SSSR count). The highest BCUT2D eigenvalue weighted by Gasteiger charge is 2.02. The molecule has 1 aromatic heterocycles. The van der Waals surface area contributed by atoms with E-state index in [9.17, 15) is 0 Å². The largest absolute Gasteiger partial charge is 0.443 e. The van der Waals surface area contributed by atoms with Gasteiger partial charge in [-0.1, -0.05) is 19.9 Å². The van der Waals surface area contributed by atoms with E-state index in [4.69, 9.17) is 5.79 Å². The van der Waals surface area contributed by atoms with E-state index in [2.05, 4.69) is 18.8 Å². The average Bonchev–Trinajstić information content (AvgIpc) is 2.48. The molecule has 0 saturated heterocycles. The quantitative estimate of drug-likeness (QED) is 0.646. The molecule has 1 heterocycles. The molecular weight excluding hydrogens is 150 g/mol. The second kappa shape index (κ2) is 2.63. The number of hydrogen-bond acceptors (Lipinski definition) is 2. The molecule has 2 aromatic rings. The van der Waals surface area contributed by atoms with Gasteiger partial charge in [0.25, 0.3) is 0 Å². The van der Waals surface area contributed by atoms with E-state index in [0.29, 0.717) is 17.5 Å². The van der Waals surface area contributed by atoms with Gasteiger partial charge in [0.2, 0.25) is 0 Å². The lowest BCUT2D eigenvalue weighted by Gasteiger charge is -2.02. The van der Waals surface area contributed by atoms with Crippen LogP contribution >= 0.6 is 0 Å². The summed E-state index contributed by atoms with van der Waals surface area (Å²) in [5.74, 6) is 0.355. The number of rotatable bonds is 1. The summed E-state index contributed by atoms with van der Waals surface area (Å²) >= 11 is 0. The minimum absolute atomic E-state index is 0.355. The van der Waals surface area contributed by atoms with Crippen molar-refractivity contribution in [3.05, 3.63) is 30.1 Å². The van der Waals surface area contributed by atoms with Gasteiger partial charge in [-0.3, -0.25) is 0 Å². The van der Waals surface area contributed by atoms with Crippen LogP contribution < -0.4 is 0 Å². The molecule has 2 nitrogen and oxygen atoms in total. The lowest BCUT2D eigenvalue weighted by Crippen LogP contribution is -1.85. The summed E-state index contributed by atoms with van der Waals surface area (Å²) in [6.07, 6.45) is 1.41. The number of hydrogen-bond donors (Lipinski definition) is 0. The highest BCUT2D eigenvalue weighted by molar-refractivity contribution is 5.72. The van der Waals surface area contributed by atoms with Gasteiger partial charge in [0.05, 0.1) is 1.37 Å². The number of fused-ring (bicyclic) bond motifs is 1. The molecule has 62 valence electrons. The highest BCUT2D eigenvalue weighted by Crippen LogP contribution is 2.19. The average molecular weight is 163 g/mol. The van der Waals surface area contributed by atoms with Crippen molar-refractivity contribution in [1.29, 1.82) is 0 Å². The lowest BCUT2D eigenvalue weighted by atomic mass is 10.0. The van der Waals surface area contributed by atoms with Gasteiger partial charge in [-0.05, 0) is 23.6 Å². The van der Waals surface area contributed by atoms with Crippen LogP contribution in [0.3, 0.4) is 0 Å². The molecule has 0 fully saturated rings. The molecular formula is C10H11NO. The van der Waals surface area contributed by atoms with Gasteiger partial charge in [-0.2, -0.15) is 0 Å². The fourth-order valence-electron chi connectivity index (χ4n) is 1.15. The molecule has 2 heteroatoms. The van der Waals surface area contributed by atoms with E-state index in [-0.39, 0.29) is 0 Å². The molecule has 0 atom stereocenters. The van der Waals surface area contributed by atoms with Crippen molar-refractivity contribution in [3.63, 3.8) is 0 Å². The fourth-order valence-corrected chi connectivity index (χ4v) is 1.15. The van der Waals surface area contributed by atoms with Crippen LogP contribution in [0.1, 0.15) is 26.7 Å². The first kappa shape index (κ1) is 6.23. The Hall–Kier alpha value is -1.31. The van der Waals surface area contributed by atoms with Crippen LogP contribution in [-0.4, -0.2) is 4.98 Å². The van der Waals surface area contributed by atoms with Crippen LogP contribution in [0.5, 0.6) is 0 Å². The molecule has 0 aliphatic rings. The molecule has 0 N–H and O–H groups in total. The lowest BCUT2D eigenvalue weighted by molar-refractivity contribution is 0.602. The molecule has 0 radical (unpaired) electrons. The van der Waals surface area contributed by atoms with E-state index in [1.54, 1.807) is 6.07 Å². The SMILES string of the molecule is [3H]c1cc2ocnc2cc1C(C)C. The van der Waals surface area contributed by atoms with Crippen LogP contribution in [0, 0.1) is 0 Å². The summed E-state index contributed by atoms with van der Waals surface area (Å²) in [6.45, 7) is 4.14. The smallest absolute Gasteiger partial charge is 0.181 e. The standard InChI is InChI=1S/C10H11NO/c1-7(2)8-3-4-10-9(5-8)11-6-12-10/h3-7H,1-2H3/i3T. The summed E-state index contributed by atoms with van der Waals surface area (Å²) < 4.78 is 12.8. The molecule has 0 bridgehead atoms. The van der Waals surface area contributed by atoms with Crippen molar-refractivity contribution in [2.75, 3.05) is 0 Å². The highest BCUT2D eigenvalue weighted by atomic mass is 16.3. The first-order valence-corrected chi connectivity index (χ1v) is 4.02. The molecule has 0 aliphatic heterocycles. The van der Waals surface area contributed by atoms with E-state index < -0.39 is 0 Å². The maximum Gasteiger partial charge on any atom is 0.181 e. The normalized spacial score (nSPS) is 12.4. The number of oxazole rings is 1. The number of benzene rings is 1. The Morgan fingerprint density at radius 3 is 3.17 bits per heavy atom. The Morgan fingerprint density at radius 1 is 1.58 bits per heavy atom. The van der Waals surface area contributed by atoms with Crippen LogP contribution in [0.2, 0.25) is 0 Å². The first-order valence-electron chi connectivity index (χ1n) is 4.52. The Kier molecular flexibility index (Phi) is 1.36. The van der Waals surface area contributed by atoms with Gasteiger partial charge in [-0.25, -0.2) is 4.98 Å². The summed E-state index contributed by atoms with van der Waals surface area (Å²) in [7, 11) is 0. The summed E-state index contributed by atoms with van der Waals surface area (Å²) in [5.41, 5.74) is 2.54. The monoisotopic (exact) mass is 163 g/mol. The Bertz CT molecular complexity index is 433. The minimum Gasteiger partial charge on any atom is -0.443 e. The molecule has 1 aromatic carbocycles. The third kappa shape index (κ3) is 1.09. The van der Waals surface area contributed by atoms with Crippen molar-refractivity contribution in [3.8, 4) is 0 Å². The molecule has 0 unspecified atom stereocenters. The first-order chi connectivity index (χ1) is 6.18. The van der Waals surface area contributed by atoms with Crippen molar-refractivity contribution < 1.29 is 5.79 Å². The number of aromatic nitrogens is 1. The third-order valence-corrected chi connectivity index (χ3v) is 1.91. The predicted molar refractivity (Wildman–Crippen MR) is 48.1 cm³/mol. The molecule has 0 aliphatic carbocycles. The van der Waals surface area contributed by atoms with Gasteiger partial charge in [0.15, 0.2) is 12.0 Å². The summed E-state index contributed by atoms with van der Waals surface area (Å²) in [6, 6.07) is 4.17. The van der Waals surface area contributed by atoms with E-state index in [1.807, 2.05) is 6.07 Å². The maximum atomic E-state index is 7.73. The fraction of sp³-hybridized carbons (Fsp3) is 0.300. The molecule has 12 heavy (non-hydrogen) atoms. The van der Waals surface area contributed by atoms with E-state index in [0.717, 1.165) is 11.1 Å². The zero-order valence-electron chi connectivity index (χ0n) is 8.16. The molecule has 0 saturated carbocycles. The zero-order valence-corrected chi connectivity index (χ0v) is 7.16. The third-order valence-electron chi connectivity index (χ3n) is 1.91. The van der Waals surface area contributed by atoms with Crippen molar-refractivity contribution in [2.24, 2.45) is 0 Å².